The van der Waals surface area contributed by atoms with Crippen molar-refractivity contribution in [2.45, 2.75) is 14.7 Å². The van der Waals surface area contributed by atoms with E-state index in [1.807, 2.05) is 0 Å². The van der Waals surface area contributed by atoms with Gasteiger partial charge in [0.1, 0.15) is 37.5 Å². The van der Waals surface area contributed by atoms with Gasteiger partial charge in [-0.25, -0.2) is 0 Å². The van der Waals surface area contributed by atoms with E-state index in [2.05, 4.69) is 36.0 Å². The Labute approximate surface area is 333 Å². The summed E-state index contributed by atoms with van der Waals surface area (Å²) in [6.45, 7) is 0. The van der Waals surface area contributed by atoms with Gasteiger partial charge in [0.2, 0.25) is 0 Å². The Morgan fingerprint density at radius 3 is 1.80 bits per heavy atom. The van der Waals surface area contributed by atoms with Gasteiger partial charge >= 0.3 is 0 Å². The first-order valence-electron chi connectivity index (χ1n) is 16.2. The summed E-state index contributed by atoms with van der Waals surface area (Å²) in [5.41, 5.74) is 9.26. The van der Waals surface area contributed by atoms with Crippen molar-refractivity contribution >= 4 is 104 Å². The number of hydrogen-bond donors (Lipinski definition) is 8. The maximum atomic E-state index is 12.7. The Balaban J connectivity index is 1.42. The van der Waals surface area contributed by atoms with E-state index in [4.69, 9.17) is 11.5 Å². The highest BCUT2D eigenvalue weighted by Crippen LogP contribution is 2.50. The third-order valence-corrected chi connectivity index (χ3v) is 10.8. The number of anilines is 4. The molecule has 0 aliphatic heterocycles. The minimum absolute atomic E-state index is 0.0494. The second kappa shape index (κ2) is 16.0. The van der Waals surface area contributed by atoms with Gasteiger partial charge in [0.05, 0.1) is 39.5 Å². The quantitative estimate of drug-likeness (QED) is 0.0250. The normalized spacial score (nSPS) is 12.5. The van der Waals surface area contributed by atoms with Crippen molar-refractivity contribution < 1.29 is 53.9 Å². The minimum atomic E-state index is -5.48. The van der Waals surface area contributed by atoms with Crippen LogP contribution in [-0.2, 0) is 30.4 Å². The van der Waals surface area contributed by atoms with Crippen LogP contribution in [0.5, 0.6) is 11.5 Å². The van der Waals surface area contributed by atoms with E-state index in [0.717, 1.165) is 12.1 Å². The van der Waals surface area contributed by atoms with Crippen molar-refractivity contribution in [2.75, 3.05) is 16.8 Å². The van der Waals surface area contributed by atoms with Crippen LogP contribution in [0.3, 0.4) is 0 Å². The van der Waals surface area contributed by atoms with Gasteiger partial charge in [-0.3, -0.25) is 18.5 Å². The minimum Gasteiger partial charge on any atom is -0.508 e. The van der Waals surface area contributed by atoms with E-state index >= 15 is 0 Å². The molecule has 0 amide bonds. The predicted octanol–water partition coefficient (Wildman–Crippen LogP) is 7.96. The summed E-state index contributed by atoms with van der Waals surface area (Å²) in [5.74, 6) is -1.16. The lowest BCUT2D eigenvalue weighted by Gasteiger charge is -2.16. The van der Waals surface area contributed by atoms with Crippen LogP contribution in [0.2, 0.25) is 0 Å². The predicted molar refractivity (Wildman–Crippen MR) is 213 cm³/mol. The first-order valence-corrected chi connectivity index (χ1v) is 20.5. The largest absolute Gasteiger partial charge is 0.508 e. The Kier molecular flexibility index (Phi) is 11.2. The number of hydrogen-bond acceptors (Lipinski definition) is 18. The summed E-state index contributed by atoms with van der Waals surface area (Å²) in [7, 11) is -15.8. The van der Waals surface area contributed by atoms with Crippen LogP contribution in [0.15, 0.2) is 142 Å². The molecule has 24 heteroatoms. The van der Waals surface area contributed by atoms with E-state index < -0.39 is 84.2 Å². The Hall–Kier alpha value is -7.22. The molecule has 0 unspecified atom stereocenters. The average Bonchev–Trinajstić information content (AvgIpc) is 3.16. The summed E-state index contributed by atoms with van der Waals surface area (Å²) in [5, 5.41) is 45.6. The molecule has 0 saturated heterocycles. The van der Waals surface area contributed by atoms with Crippen LogP contribution in [0.1, 0.15) is 10.4 Å². The number of nitrogen functional groups attached to an aromatic ring is 2. The molecule has 0 aliphatic rings. The molecule has 21 nitrogen and oxygen atoms in total. The van der Waals surface area contributed by atoms with Gasteiger partial charge in [0, 0.05) is 22.7 Å². The highest BCUT2D eigenvalue weighted by molar-refractivity contribution is 7.86. The fourth-order valence-corrected chi connectivity index (χ4v) is 7.64. The van der Waals surface area contributed by atoms with Crippen molar-refractivity contribution in [3.05, 3.63) is 103 Å². The lowest BCUT2D eigenvalue weighted by molar-refractivity contribution is 0.112. The maximum absolute atomic E-state index is 12.7. The van der Waals surface area contributed by atoms with Gasteiger partial charge in [0.15, 0.2) is 12.0 Å². The topological polar surface area (TPSA) is 359 Å². The molecule has 0 heterocycles. The van der Waals surface area contributed by atoms with Crippen LogP contribution in [-0.4, -0.2) is 55.4 Å². The van der Waals surface area contributed by atoms with Crippen LogP contribution in [0.4, 0.5) is 56.9 Å². The van der Waals surface area contributed by atoms with Crippen LogP contribution >= 0.6 is 0 Å². The SMILES string of the molecule is Nc1cc(O)ccc1N=Nc1ccc(Nc2ccc(N=Nc3c(S(=O)(=O)O)c(C=O)c4cc(S(=O)(=O)O)c(N=Nc5ccccc5)c(O)c4c3N)cc2S(=O)(=O)O)cc1. The molecule has 0 fully saturated rings. The van der Waals surface area contributed by atoms with Crippen molar-refractivity contribution in [2.24, 2.45) is 30.7 Å². The molecule has 0 aliphatic carbocycles. The third kappa shape index (κ3) is 9.01. The lowest BCUT2D eigenvalue weighted by atomic mass is 10.00. The number of nitrogens with two attached hydrogens (primary N) is 2. The van der Waals surface area contributed by atoms with E-state index in [0.29, 0.717) is 23.1 Å². The number of phenols is 2. The molecule has 0 aromatic heterocycles. The number of nitrogens with zero attached hydrogens (tertiary/aromatic N) is 6. The zero-order chi connectivity index (χ0) is 42.9. The molecule has 0 radical (unpaired) electrons. The highest BCUT2D eigenvalue weighted by Gasteiger charge is 2.32. The maximum Gasteiger partial charge on any atom is 0.297 e. The summed E-state index contributed by atoms with van der Waals surface area (Å²) in [6, 6.07) is 21.6. The zero-order valence-electron chi connectivity index (χ0n) is 29.5. The van der Waals surface area contributed by atoms with Crippen molar-refractivity contribution in [1.29, 1.82) is 0 Å². The van der Waals surface area contributed by atoms with Crippen LogP contribution in [0.25, 0.3) is 10.8 Å². The molecule has 10 N–H and O–H groups in total. The van der Waals surface area contributed by atoms with Gasteiger partial charge in [-0.2, -0.15) is 40.6 Å². The van der Waals surface area contributed by atoms with Gasteiger partial charge in [-0.1, -0.05) is 18.2 Å². The second-order valence-corrected chi connectivity index (χ2v) is 16.2. The van der Waals surface area contributed by atoms with Crippen molar-refractivity contribution in [3.8, 4) is 11.5 Å². The molecular weight excluding hydrogens is 835 g/mol. The molecule has 0 spiro atoms. The molecule has 6 aromatic carbocycles. The Morgan fingerprint density at radius 1 is 0.593 bits per heavy atom. The molecule has 6 rings (SSSR count). The van der Waals surface area contributed by atoms with Crippen molar-refractivity contribution in [1.82, 2.24) is 0 Å². The van der Waals surface area contributed by atoms with E-state index in [-0.39, 0.29) is 34.8 Å². The second-order valence-electron chi connectivity index (χ2n) is 12.1. The number of rotatable bonds is 12. The van der Waals surface area contributed by atoms with Crippen LogP contribution in [0, 0.1) is 0 Å². The van der Waals surface area contributed by atoms with Crippen LogP contribution < -0.4 is 16.8 Å². The fourth-order valence-electron chi connectivity index (χ4n) is 5.49. The Bertz CT molecular complexity index is 3110. The molecule has 59 heavy (non-hydrogen) atoms. The first kappa shape index (κ1) is 41.4. The van der Waals surface area contributed by atoms with E-state index in [1.54, 1.807) is 18.2 Å². The van der Waals surface area contributed by atoms with Gasteiger partial charge in [0.25, 0.3) is 30.4 Å². The summed E-state index contributed by atoms with van der Waals surface area (Å²) in [4.78, 5) is 9.26. The molecule has 0 bridgehead atoms. The average molecular weight is 862 g/mol. The first-order chi connectivity index (χ1) is 27.8. The summed E-state index contributed by atoms with van der Waals surface area (Å²) in [6.07, 6.45) is -0.125. The molecule has 0 saturated carbocycles. The number of benzene rings is 6. The number of fused-ring (bicyclic) bond motifs is 1. The number of carbonyl (C=O) groups is 1. The van der Waals surface area contributed by atoms with Gasteiger partial charge in [-0.05, 0) is 72.8 Å². The zero-order valence-corrected chi connectivity index (χ0v) is 31.9. The lowest BCUT2D eigenvalue weighted by Crippen LogP contribution is -2.08. The summed E-state index contributed by atoms with van der Waals surface area (Å²) < 4.78 is 106. The number of phenolic OH excluding ortho intramolecular Hbond substituents is 2. The molecular formula is C35H27N9O12S3. The Morgan fingerprint density at radius 2 is 1.19 bits per heavy atom. The molecule has 0 atom stereocenters. The molecule has 6 aromatic rings. The van der Waals surface area contributed by atoms with E-state index in [1.165, 1.54) is 60.7 Å². The smallest absolute Gasteiger partial charge is 0.297 e. The standard InChI is InChI=1S/C35H27N9O12S3/c36-25-15-22(46)11-13-26(25)42-39-20-8-6-18(7-9-20)38-27-12-10-21(14-28(27)57(48,49)50)41-44-33-31(37)30-23(24(17-45)35(33)59(54,55)56)16-29(58(51,52)53)32(34(30)47)43-40-19-4-2-1-3-5-19/h1-17,38,46-47H,36-37H2,(H,48,49,50)(H,51,52,53)(H,54,55,56). The monoisotopic (exact) mass is 861 g/mol. The summed E-state index contributed by atoms with van der Waals surface area (Å²) >= 11 is 0. The number of aromatic hydroxyl groups is 2. The van der Waals surface area contributed by atoms with Gasteiger partial charge in [-0.15, -0.1) is 15.3 Å². The number of aldehydes is 1. The molecule has 302 valence electrons. The van der Waals surface area contributed by atoms with Gasteiger partial charge < -0.3 is 27.0 Å². The number of azo groups is 3. The third-order valence-electron chi connectivity index (χ3n) is 8.13. The van der Waals surface area contributed by atoms with Crippen molar-refractivity contribution in [3.63, 3.8) is 0 Å². The highest BCUT2D eigenvalue weighted by atomic mass is 32.2. The fraction of sp³-hybridized carbons (Fsp3) is 0. The number of carbonyl (C=O) groups excluding carboxylic acids is 1. The van der Waals surface area contributed by atoms with E-state index in [9.17, 15) is 53.9 Å². The number of nitrogens with one attached hydrogen (secondary N) is 1.